The van der Waals surface area contributed by atoms with Gasteiger partial charge in [-0.15, -0.1) is 0 Å². The monoisotopic (exact) mass is 802 g/mol. The first-order valence-electron chi connectivity index (χ1n) is 22.3. The van der Waals surface area contributed by atoms with Crippen LogP contribution >= 0.6 is 0 Å². The quantitative estimate of drug-likeness (QED) is 0.197. The molecule has 0 amide bonds. The van der Waals surface area contributed by atoms with E-state index in [2.05, 4.69) is 27.7 Å². The van der Waals surface area contributed by atoms with Crippen molar-refractivity contribution in [1.82, 2.24) is 0 Å². The molecule has 1 spiro atoms. The van der Waals surface area contributed by atoms with Crippen molar-refractivity contribution < 1.29 is 48.2 Å². The molecule has 3 heterocycles. The molecule has 18 atom stereocenters. The number of hydrogen-bond acceptors (Lipinski definition) is 10. The number of ether oxygens (including phenoxy) is 7. The highest BCUT2D eigenvalue weighted by Gasteiger charge is 2.70. The van der Waals surface area contributed by atoms with E-state index in [1.54, 1.807) is 0 Å². The van der Waals surface area contributed by atoms with Gasteiger partial charge in [0.05, 0.1) is 37.6 Å². The fourth-order valence-corrected chi connectivity index (χ4v) is 13.8. The maximum atomic E-state index is 13.9. The third-order valence-electron chi connectivity index (χ3n) is 16.8. The minimum absolute atomic E-state index is 0.0646. The Kier molecular flexibility index (Phi) is 11.4. The second kappa shape index (κ2) is 16.1. The number of rotatable bonds is 9. The Bertz CT molecular complexity index is 1720. The summed E-state index contributed by atoms with van der Waals surface area (Å²) in [5, 5.41) is 22.6. The first kappa shape index (κ1) is 41.0. The van der Waals surface area contributed by atoms with Crippen LogP contribution in [0.25, 0.3) is 0 Å². The summed E-state index contributed by atoms with van der Waals surface area (Å²) in [5.41, 5.74) is 1.66. The van der Waals surface area contributed by atoms with Crippen molar-refractivity contribution in [3.63, 3.8) is 0 Å². The van der Waals surface area contributed by atoms with Crippen molar-refractivity contribution in [3.8, 4) is 0 Å². The van der Waals surface area contributed by atoms with Gasteiger partial charge in [-0.3, -0.25) is 0 Å². The number of aliphatic hydroxyl groups excluding tert-OH is 2. The molecule has 7 aliphatic rings. The van der Waals surface area contributed by atoms with Crippen molar-refractivity contribution >= 4 is 5.97 Å². The van der Waals surface area contributed by atoms with E-state index < -0.39 is 36.5 Å². The normalized spacial score (nSPS) is 47.1. The Hall–Kier alpha value is -2.41. The van der Waals surface area contributed by atoms with Gasteiger partial charge in [0.25, 0.3) is 0 Å². The number of esters is 1. The Labute approximate surface area is 344 Å². The first-order chi connectivity index (χ1) is 27.9. The van der Waals surface area contributed by atoms with E-state index in [0.717, 1.165) is 57.1 Å². The lowest BCUT2D eigenvalue weighted by molar-refractivity contribution is -0.322. The third kappa shape index (κ3) is 7.09. The molecule has 3 aliphatic heterocycles. The van der Waals surface area contributed by atoms with Crippen LogP contribution in [-0.2, 0) is 39.8 Å². The van der Waals surface area contributed by atoms with Crippen molar-refractivity contribution in [2.75, 3.05) is 20.3 Å². The maximum Gasteiger partial charge on any atom is 0.338 e. The molecule has 2 N–H and O–H groups in total. The molecule has 2 aromatic rings. The SMILES string of the molecule is CO[C@@H]1[C@@H](O)[C@H](O[C@H]2CC[C@@]3(C)[C@H](C2)[C@@H](OC(=O)c2ccccc2)C[C@@H]2[C@@H]3CC[C@]3(C)[C@@H]4[C@H](C[C@@H]23)O[C@]2(CC[C@@H](C)CO2)[C@H]4C)O[C@H](COCc2ccccc2)[C@H]1O. The average Bonchev–Trinajstić information content (AvgIpc) is 3.67. The van der Waals surface area contributed by atoms with Gasteiger partial charge in [-0.2, -0.15) is 0 Å². The Balaban J connectivity index is 0.937. The molecule has 4 aliphatic carbocycles. The van der Waals surface area contributed by atoms with E-state index in [1.807, 2.05) is 60.7 Å². The fraction of sp³-hybridized carbons (Fsp3) is 0.729. The Morgan fingerprint density at radius 1 is 0.845 bits per heavy atom. The minimum Gasteiger partial charge on any atom is -0.458 e. The van der Waals surface area contributed by atoms with Crippen LogP contribution < -0.4 is 0 Å². The van der Waals surface area contributed by atoms with Gasteiger partial charge in [-0.1, -0.05) is 76.2 Å². The number of fused-ring (bicyclic) bond motifs is 7. The van der Waals surface area contributed by atoms with Crippen LogP contribution in [0.4, 0.5) is 0 Å². The topological polar surface area (TPSA) is 122 Å². The van der Waals surface area contributed by atoms with Gasteiger partial charge in [0, 0.05) is 25.4 Å². The molecular weight excluding hydrogens is 737 g/mol. The minimum atomic E-state index is -1.19. The van der Waals surface area contributed by atoms with Gasteiger partial charge in [-0.25, -0.2) is 4.79 Å². The summed E-state index contributed by atoms with van der Waals surface area (Å²) in [5.74, 6) is 2.10. The van der Waals surface area contributed by atoms with E-state index in [4.69, 9.17) is 33.2 Å². The van der Waals surface area contributed by atoms with Crippen molar-refractivity contribution in [3.05, 3.63) is 71.8 Å². The van der Waals surface area contributed by atoms with Crippen LogP contribution in [0.2, 0.25) is 0 Å². The zero-order chi connectivity index (χ0) is 40.4. The van der Waals surface area contributed by atoms with Crippen molar-refractivity contribution in [2.24, 2.45) is 52.3 Å². The van der Waals surface area contributed by atoms with E-state index in [9.17, 15) is 15.0 Å². The van der Waals surface area contributed by atoms with Gasteiger partial charge in [0.2, 0.25) is 0 Å². The molecule has 4 saturated carbocycles. The number of aliphatic hydroxyl groups is 2. The first-order valence-corrected chi connectivity index (χ1v) is 22.3. The molecule has 9 rings (SSSR count). The molecule has 2 aromatic carbocycles. The summed E-state index contributed by atoms with van der Waals surface area (Å²) in [6.07, 6.45) is 3.45. The zero-order valence-electron chi connectivity index (χ0n) is 35.1. The van der Waals surface area contributed by atoms with Crippen LogP contribution in [0.15, 0.2) is 60.7 Å². The molecular formula is C48H66O10. The molecule has 0 radical (unpaired) electrons. The van der Waals surface area contributed by atoms with Crippen LogP contribution in [0.1, 0.15) is 101 Å². The summed E-state index contributed by atoms with van der Waals surface area (Å²) in [6.45, 7) is 10.9. The number of carbonyl (C=O) groups is 1. The standard InChI is InChI=1S/C48H66O10/c1-28-16-21-48(54-25-28)29(2)40-38(58-48)24-35-33-23-37(56-44(51)31-14-10-7-11-15-31)36-22-32(17-19-46(36,3)34(33)18-20-47(35,40)4)55-45-42(50)43(52-5)41(49)39(57-45)27-53-26-30-12-8-6-9-13-30/h6-15,28-29,32-43,45,49-50H,16-27H2,1-5H3/t28-,29+,32+,33-,34+,35+,36-,37+,38+,39-,40+,41-,42-,43+,45-,46-,47+,48-/m1/s1. The predicted octanol–water partition coefficient (Wildman–Crippen LogP) is 7.33. The molecule has 10 heteroatoms. The van der Waals surface area contributed by atoms with E-state index in [1.165, 1.54) is 13.5 Å². The second-order valence-electron chi connectivity index (χ2n) is 19.8. The predicted molar refractivity (Wildman–Crippen MR) is 215 cm³/mol. The van der Waals surface area contributed by atoms with E-state index in [0.29, 0.717) is 54.1 Å². The summed E-state index contributed by atoms with van der Waals surface area (Å²) >= 11 is 0. The lowest BCUT2D eigenvalue weighted by Crippen LogP contribution is -2.62. The number of carbonyl (C=O) groups excluding carboxylic acids is 1. The van der Waals surface area contributed by atoms with Crippen molar-refractivity contribution in [1.29, 1.82) is 0 Å². The smallest absolute Gasteiger partial charge is 0.338 e. The number of hydrogen-bond donors (Lipinski definition) is 2. The fourth-order valence-electron chi connectivity index (χ4n) is 13.8. The van der Waals surface area contributed by atoms with E-state index >= 15 is 0 Å². The largest absolute Gasteiger partial charge is 0.458 e. The molecule has 7 fully saturated rings. The maximum absolute atomic E-state index is 13.9. The van der Waals surface area contributed by atoms with Crippen LogP contribution in [0.5, 0.6) is 0 Å². The van der Waals surface area contributed by atoms with Gasteiger partial charge in [0.15, 0.2) is 12.1 Å². The lowest BCUT2D eigenvalue weighted by Gasteiger charge is -2.63. The highest BCUT2D eigenvalue weighted by molar-refractivity contribution is 5.89. The van der Waals surface area contributed by atoms with Gasteiger partial charge < -0.3 is 43.4 Å². The summed E-state index contributed by atoms with van der Waals surface area (Å²) < 4.78 is 44.9. The van der Waals surface area contributed by atoms with Crippen LogP contribution in [0, 0.1) is 52.3 Å². The van der Waals surface area contributed by atoms with Crippen LogP contribution in [-0.4, -0.2) is 91.3 Å². The van der Waals surface area contributed by atoms with Crippen molar-refractivity contribution in [2.45, 2.75) is 147 Å². The zero-order valence-corrected chi connectivity index (χ0v) is 35.1. The Morgan fingerprint density at radius 3 is 2.31 bits per heavy atom. The highest BCUT2D eigenvalue weighted by atomic mass is 16.7. The lowest BCUT2D eigenvalue weighted by atomic mass is 9.43. The molecule has 0 unspecified atom stereocenters. The summed E-state index contributed by atoms with van der Waals surface area (Å²) in [7, 11) is 1.49. The second-order valence-corrected chi connectivity index (χ2v) is 19.8. The van der Waals surface area contributed by atoms with E-state index in [-0.39, 0.29) is 47.6 Å². The summed E-state index contributed by atoms with van der Waals surface area (Å²) in [4.78, 5) is 13.9. The van der Waals surface area contributed by atoms with Gasteiger partial charge in [-0.05, 0) is 109 Å². The third-order valence-corrected chi connectivity index (χ3v) is 16.8. The van der Waals surface area contributed by atoms with Gasteiger partial charge in [0.1, 0.15) is 30.5 Å². The Morgan fingerprint density at radius 2 is 1.59 bits per heavy atom. The summed E-state index contributed by atoms with van der Waals surface area (Å²) in [6, 6.07) is 19.2. The highest BCUT2D eigenvalue weighted by Crippen LogP contribution is 2.71. The molecule has 10 nitrogen and oxygen atoms in total. The van der Waals surface area contributed by atoms with Gasteiger partial charge >= 0.3 is 5.97 Å². The molecule has 318 valence electrons. The number of benzene rings is 2. The molecule has 0 aromatic heterocycles. The van der Waals surface area contributed by atoms with Crippen LogP contribution in [0.3, 0.4) is 0 Å². The molecule has 58 heavy (non-hydrogen) atoms. The number of methoxy groups -OCH3 is 1. The molecule has 3 saturated heterocycles. The molecule has 0 bridgehead atoms. The average molecular weight is 803 g/mol.